The highest BCUT2D eigenvalue weighted by atomic mass is 79.9. The summed E-state index contributed by atoms with van der Waals surface area (Å²) in [7, 11) is 0. The molecule has 128 valence electrons. The molecule has 0 aliphatic heterocycles. The molecule has 0 unspecified atom stereocenters. The summed E-state index contributed by atoms with van der Waals surface area (Å²) in [5.41, 5.74) is 1.74. The van der Waals surface area contributed by atoms with Gasteiger partial charge in [0.2, 0.25) is 0 Å². The lowest BCUT2D eigenvalue weighted by atomic mass is 10.2. The lowest BCUT2D eigenvalue weighted by molar-refractivity contribution is -0.384. The highest BCUT2D eigenvalue weighted by molar-refractivity contribution is 9.10. The van der Waals surface area contributed by atoms with E-state index in [1.54, 1.807) is 22.7 Å². The summed E-state index contributed by atoms with van der Waals surface area (Å²) < 4.78 is 2.19. The van der Waals surface area contributed by atoms with E-state index in [-0.39, 0.29) is 5.69 Å². The molecule has 0 saturated heterocycles. The molecule has 0 aliphatic rings. The van der Waals surface area contributed by atoms with Crippen molar-refractivity contribution in [2.45, 2.75) is 13.3 Å². The lowest BCUT2D eigenvalue weighted by Gasteiger charge is -2.08. The Morgan fingerprint density at radius 2 is 2.16 bits per heavy atom. The average Bonchev–Trinajstić information content (AvgIpc) is 2.94. The minimum Gasteiger partial charge on any atom is -0.319 e. The number of aromatic nitrogens is 2. The number of hydrogen-bond donors (Lipinski definition) is 1. The lowest BCUT2D eigenvalue weighted by Crippen LogP contribution is -2.16. The molecule has 0 bridgehead atoms. The molecule has 0 radical (unpaired) electrons. The zero-order valence-electron chi connectivity index (χ0n) is 13.0. The van der Waals surface area contributed by atoms with Gasteiger partial charge in [-0.25, -0.2) is 4.98 Å². The maximum atomic E-state index is 12.8. The van der Waals surface area contributed by atoms with Gasteiger partial charge in [0, 0.05) is 33.9 Å². The third kappa shape index (κ3) is 3.35. The number of pyridine rings is 1. The Morgan fingerprint density at radius 3 is 2.84 bits per heavy atom. The first-order chi connectivity index (χ1) is 11.9. The standard InChI is InChI=1S/C16H12BrClN4O3/c1-2-12-15(21-6-5-9(18)7-14(21)19-12)16(23)20-13-8-10(22(24)25)3-4-11(13)17/h3-8H,2H2,1H3,(H,20,23). The number of imidazole rings is 1. The van der Waals surface area contributed by atoms with Gasteiger partial charge in [0.1, 0.15) is 11.3 Å². The van der Waals surface area contributed by atoms with Crippen molar-refractivity contribution in [2.24, 2.45) is 0 Å². The first-order valence-electron chi connectivity index (χ1n) is 7.32. The second-order valence-electron chi connectivity index (χ2n) is 5.21. The van der Waals surface area contributed by atoms with E-state index in [1.165, 1.54) is 18.2 Å². The number of fused-ring (bicyclic) bond motifs is 1. The topological polar surface area (TPSA) is 89.5 Å². The van der Waals surface area contributed by atoms with Crippen LogP contribution >= 0.6 is 27.5 Å². The fraction of sp³-hybridized carbons (Fsp3) is 0.125. The number of nitro groups is 1. The van der Waals surface area contributed by atoms with Crippen molar-refractivity contribution in [2.75, 3.05) is 5.32 Å². The molecule has 2 heterocycles. The van der Waals surface area contributed by atoms with E-state index in [0.29, 0.717) is 38.6 Å². The summed E-state index contributed by atoms with van der Waals surface area (Å²) in [6.45, 7) is 1.89. The van der Waals surface area contributed by atoms with Crippen molar-refractivity contribution < 1.29 is 9.72 Å². The van der Waals surface area contributed by atoms with Crippen LogP contribution in [0.4, 0.5) is 11.4 Å². The van der Waals surface area contributed by atoms with Crippen LogP contribution in [0.1, 0.15) is 23.1 Å². The van der Waals surface area contributed by atoms with Gasteiger partial charge in [-0.15, -0.1) is 0 Å². The van der Waals surface area contributed by atoms with Crippen LogP contribution in [0.5, 0.6) is 0 Å². The van der Waals surface area contributed by atoms with E-state index in [2.05, 4.69) is 26.2 Å². The number of aryl methyl sites for hydroxylation is 1. The van der Waals surface area contributed by atoms with E-state index >= 15 is 0 Å². The van der Waals surface area contributed by atoms with Crippen molar-refractivity contribution in [1.29, 1.82) is 0 Å². The summed E-state index contributed by atoms with van der Waals surface area (Å²) in [5, 5.41) is 14.2. The second kappa shape index (κ2) is 6.81. The molecule has 25 heavy (non-hydrogen) atoms. The Hall–Kier alpha value is -2.45. The molecule has 0 atom stereocenters. The minimum atomic E-state index is -0.518. The van der Waals surface area contributed by atoms with Gasteiger partial charge in [-0.05, 0) is 34.5 Å². The van der Waals surface area contributed by atoms with Crippen LogP contribution in [0.2, 0.25) is 5.02 Å². The number of benzene rings is 1. The van der Waals surface area contributed by atoms with E-state index in [9.17, 15) is 14.9 Å². The summed E-state index contributed by atoms with van der Waals surface area (Å²) in [5.74, 6) is -0.409. The highest BCUT2D eigenvalue weighted by Gasteiger charge is 2.20. The Bertz CT molecular complexity index is 1000. The number of nitro benzene ring substituents is 1. The van der Waals surface area contributed by atoms with Crippen LogP contribution in [0, 0.1) is 10.1 Å². The molecular formula is C16H12BrClN4O3. The molecule has 3 aromatic rings. The zero-order valence-corrected chi connectivity index (χ0v) is 15.3. The van der Waals surface area contributed by atoms with Gasteiger partial charge in [0.25, 0.3) is 11.6 Å². The van der Waals surface area contributed by atoms with E-state index in [4.69, 9.17) is 11.6 Å². The number of halogens is 2. The summed E-state index contributed by atoms with van der Waals surface area (Å²) >= 11 is 9.27. The Balaban J connectivity index is 2.03. The molecule has 0 fully saturated rings. The van der Waals surface area contributed by atoms with Crippen molar-refractivity contribution in [3.05, 3.63) is 67.5 Å². The van der Waals surface area contributed by atoms with Crippen molar-refractivity contribution in [3.8, 4) is 0 Å². The predicted octanol–water partition coefficient (Wildman–Crippen LogP) is 4.47. The third-order valence-electron chi connectivity index (χ3n) is 3.62. The SMILES string of the molecule is CCc1nc2cc(Cl)ccn2c1C(=O)Nc1cc([N+](=O)[O-])ccc1Br. The molecule has 7 nitrogen and oxygen atoms in total. The molecule has 9 heteroatoms. The number of carbonyl (C=O) groups is 1. The van der Waals surface area contributed by atoms with E-state index in [1.807, 2.05) is 6.92 Å². The molecule has 1 N–H and O–H groups in total. The van der Waals surface area contributed by atoms with Crippen LogP contribution < -0.4 is 5.32 Å². The summed E-state index contributed by atoms with van der Waals surface area (Å²) in [6.07, 6.45) is 2.22. The Morgan fingerprint density at radius 1 is 1.40 bits per heavy atom. The average molecular weight is 424 g/mol. The van der Waals surface area contributed by atoms with Crippen molar-refractivity contribution in [3.63, 3.8) is 0 Å². The second-order valence-corrected chi connectivity index (χ2v) is 6.50. The largest absolute Gasteiger partial charge is 0.319 e. The van der Waals surface area contributed by atoms with Gasteiger partial charge in [-0.1, -0.05) is 18.5 Å². The maximum absolute atomic E-state index is 12.8. The molecule has 2 aromatic heterocycles. The Labute approximate surface area is 155 Å². The highest BCUT2D eigenvalue weighted by Crippen LogP contribution is 2.28. The fourth-order valence-electron chi connectivity index (χ4n) is 2.46. The quantitative estimate of drug-likeness (QED) is 0.495. The molecule has 0 saturated carbocycles. The first kappa shape index (κ1) is 17.4. The number of anilines is 1. The number of hydrogen-bond acceptors (Lipinski definition) is 4. The van der Waals surface area contributed by atoms with Crippen LogP contribution in [-0.4, -0.2) is 20.2 Å². The Kier molecular flexibility index (Phi) is 4.73. The van der Waals surface area contributed by atoms with Crippen LogP contribution in [0.15, 0.2) is 41.0 Å². The van der Waals surface area contributed by atoms with Gasteiger partial charge in [0.15, 0.2) is 0 Å². The first-order valence-corrected chi connectivity index (χ1v) is 8.49. The smallest absolute Gasteiger partial charge is 0.274 e. The van der Waals surface area contributed by atoms with Gasteiger partial charge in [-0.3, -0.25) is 19.3 Å². The normalized spacial score (nSPS) is 10.8. The monoisotopic (exact) mass is 422 g/mol. The van der Waals surface area contributed by atoms with Crippen molar-refractivity contribution in [1.82, 2.24) is 9.38 Å². The number of amides is 1. The molecular weight excluding hydrogens is 412 g/mol. The minimum absolute atomic E-state index is 0.112. The summed E-state index contributed by atoms with van der Waals surface area (Å²) in [6, 6.07) is 7.50. The van der Waals surface area contributed by atoms with Crippen molar-refractivity contribution >= 4 is 50.5 Å². The zero-order chi connectivity index (χ0) is 18.1. The molecule has 0 spiro atoms. The number of nitrogens with one attached hydrogen (secondary N) is 1. The van der Waals surface area contributed by atoms with E-state index in [0.717, 1.165) is 0 Å². The summed E-state index contributed by atoms with van der Waals surface area (Å²) in [4.78, 5) is 27.6. The van der Waals surface area contributed by atoms with Gasteiger partial charge in [0.05, 0.1) is 16.3 Å². The van der Waals surface area contributed by atoms with Gasteiger partial charge < -0.3 is 5.32 Å². The molecule has 1 amide bonds. The van der Waals surface area contributed by atoms with Crippen LogP contribution in [-0.2, 0) is 6.42 Å². The molecule has 1 aromatic carbocycles. The van der Waals surface area contributed by atoms with E-state index < -0.39 is 10.8 Å². The maximum Gasteiger partial charge on any atom is 0.274 e. The van der Waals surface area contributed by atoms with Gasteiger partial charge >= 0.3 is 0 Å². The predicted molar refractivity (Wildman–Crippen MR) is 98.3 cm³/mol. The van der Waals surface area contributed by atoms with Crippen LogP contribution in [0.3, 0.4) is 0 Å². The number of non-ortho nitro benzene ring substituents is 1. The number of carbonyl (C=O) groups excluding carboxylic acids is 1. The van der Waals surface area contributed by atoms with Gasteiger partial charge in [-0.2, -0.15) is 0 Å². The number of rotatable bonds is 4. The number of nitrogens with zero attached hydrogens (tertiary/aromatic N) is 3. The molecule has 0 aliphatic carbocycles. The fourth-order valence-corrected chi connectivity index (χ4v) is 2.96. The van der Waals surface area contributed by atoms with Crippen LogP contribution in [0.25, 0.3) is 5.65 Å². The molecule has 3 rings (SSSR count). The third-order valence-corrected chi connectivity index (χ3v) is 4.55.